The molecule has 0 saturated heterocycles. The molecular weight excluding hydrogens is 190 g/mol. The van der Waals surface area contributed by atoms with Gasteiger partial charge < -0.3 is 9.88 Å². The molecule has 0 saturated carbocycles. The van der Waals surface area contributed by atoms with Gasteiger partial charge in [0.2, 0.25) is 0 Å². The molecule has 84 valence electrons. The van der Waals surface area contributed by atoms with Crippen molar-refractivity contribution >= 4 is 5.82 Å². The Morgan fingerprint density at radius 3 is 2.47 bits per heavy atom. The van der Waals surface area contributed by atoms with E-state index in [2.05, 4.69) is 28.7 Å². The normalized spacial score (nSPS) is 10.7. The molecule has 4 nitrogen and oxygen atoms in total. The van der Waals surface area contributed by atoms with E-state index in [1.807, 2.05) is 13.8 Å². The van der Waals surface area contributed by atoms with E-state index in [1.54, 1.807) is 6.07 Å². The average molecular weight is 209 g/mol. The fourth-order valence-corrected chi connectivity index (χ4v) is 1.45. The fourth-order valence-electron chi connectivity index (χ4n) is 1.45. The van der Waals surface area contributed by atoms with Gasteiger partial charge >= 0.3 is 0 Å². The van der Waals surface area contributed by atoms with Crippen LogP contribution in [-0.4, -0.2) is 23.1 Å². The third kappa shape index (κ3) is 2.81. The van der Waals surface area contributed by atoms with Crippen LogP contribution in [-0.2, 0) is 0 Å². The number of nitrogens with one attached hydrogen (secondary N) is 1. The minimum atomic E-state index is -0.0735. The number of aromatic amines is 1. The summed E-state index contributed by atoms with van der Waals surface area (Å²) in [4.78, 5) is 20.7. The number of hydrogen-bond acceptors (Lipinski definition) is 3. The van der Waals surface area contributed by atoms with Crippen LogP contribution >= 0.6 is 0 Å². The molecule has 15 heavy (non-hydrogen) atoms. The van der Waals surface area contributed by atoms with E-state index in [9.17, 15) is 4.79 Å². The Labute approximate surface area is 90.3 Å². The van der Waals surface area contributed by atoms with E-state index in [4.69, 9.17) is 0 Å². The van der Waals surface area contributed by atoms with E-state index in [0.29, 0.717) is 0 Å². The minimum absolute atomic E-state index is 0.0735. The first-order valence-corrected chi connectivity index (χ1v) is 5.44. The van der Waals surface area contributed by atoms with Crippen LogP contribution in [0.3, 0.4) is 0 Å². The van der Waals surface area contributed by atoms with Crippen LogP contribution in [0.1, 0.15) is 39.4 Å². The minimum Gasteiger partial charge on any atom is -0.357 e. The summed E-state index contributed by atoms with van der Waals surface area (Å²) in [5.41, 5.74) is -0.0735. The Morgan fingerprint density at radius 1 is 1.40 bits per heavy atom. The van der Waals surface area contributed by atoms with Crippen LogP contribution in [0.2, 0.25) is 0 Å². The lowest BCUT2D eigenvalue weighted by Gasteiger charge is -2.20. The molecule has 1 aromatic rings. The molecule has 0 atom stereocenters. The van der Waals surface area contributed by atoms with Gasteiger partial charge in [0.05, 0.1) is 0 Å². The molecule has 0 amide bonds. The van der Waals surface area contributed by atoms with Crippen molar-refractivity contribution in [2.75, 3.05) is 18.0 Å². The lowest BCUT2D eigenvalue weighted by Crippen LogP contribution is -2.26. The van der Waals surface area contributed by atoms with E-state index >= 15 is 0 Å². The summed E-state index contributed by atoms with van der Waals surface area (Å²) >= 11 is 0. The van der Waals surface area contributed by atoms with Crippen LogP contribution in [0.15, 0.2) is 10.9 Å². The van der Waals surface area contributed by atoms with Gasteiger partial charge in [-0.15, -0.1) is 0 Å². The molecular formula is C11H19N3O. The van der Waals surface area contributed by atoms with Gasteiger partial charge in [0, 0.05) is 25.1 Å². The van der Waals surface area contributed by atoms with Crippen molar-refractivity contribution in [1.82, 2.24) is 9.97 Å². The number of anilines is 1. The molecule has 0 fully saturated rings. The summed E-state index contributed by atoms with van der Waals surface area (Å²) in [6.07, 6.45) is 0. The first kappa shape index (κ1) is 11.8. The molecule has 4 heteroatoms. The van der Waals surface area contributed by atoms with Crippen LogP contribution in [0.4, 0.5) is 5.82 Å². The smallest absolute Gasteiger partial charge is 0.252 e. The van der Waals surface area contributed by atoms with E-state index < -0.39 is 0 Å². The zero-order chi connectivity index (χ0) is 11.4. The molecule has 0 radical (unpaired) electrons. The average Bonchev–Trinajstić information content (AvgIpc) is 2.18. The summed E-state index contributed by atoms with van der Waals surface area (Å²) in [5, 5.41) is 0. The van der Waals surface area contributed by atoms with Gasteiger partial charge in [-0.25, -0.2) is 4.98 Å². The Morgan fingerprint density at radius 2 is 2.00 bits per heavy atom. The van der Waals surface area contributed by atoms with Gasteiger partial charge in [-0.05, 0) is 13.8 Å². The van der Waals surface area contributed by atoms with Crippen molar-refractivity contribution in [2.45, 2.75) is 33.6 Å². The Balaban J connectivity index is 3.13. The number of aromatic nitrogens is 2. The summed E-state index contributed by atoms with van der Waals surface area (Å²) in [6, 6.07) is 1.55. The third-order valence-electron chi connectivity index (χ3n) is 2.38. The number of hydrogen-bond donors (Lipinski definition) is 1. The molecule has 1 heterocycles. The van der Waals surface area contributed by atoms with Crippen molar-refractivity contribution in [2.24, 2.45) is 0 Å². The summed E-state index contributed by atoms with van der Waals surface area (Å²) < 4.78 is 0. The second kappa shape index (κ2) is 4.96. The monoisotopic (exact) mass is 209 g/mol. The highest BCUT2D eigenvalue weighted by Gasteiger charge is 2.08. The lowest BCUT2D eigenvalue weighted by atomic mass is 10.2. The highest BCUT2D eigenvalue weighted by Crippen LogP contribution is 2.12. The fraction of sp³-hybridized carbons (Fsp3) is 0.636. The Bertz CT molecular complexity index is 366. The number of nitrogens with zero attached hydrogens (tertiary/aromatic N) is 2. The van der Waals surface area contributed by atoms with Crippen LogP contribution in [0.5, 0.6) is 0 Å². The van der Waals surface area contributed by atoms with Crippen LogP contribution in [0, 0.1) is 0 Å². The highest BCUT2D eigenvalue weighted by atomic mass is 16.1. The molecule has 0 aromatic carbocycles. The first-order valence-electron chi connectivity index (χ1n) is 5.44. The molecule has 0 aliphatic carbocycles. The Hall–Kier alpha value is -1.32. The van der Waals surface area contributed by atoms with Gasteiger partial charge in [0.25, 0.3) is 5.56 Å². The zero-order valence-corrected chi connectivity index (χ0v) is 9.87. The summed E-state index contributed by atoms with van der Waals surface area (Å²) in [6.45, 7) is 9.88. The van der Waals surface area contributed by atoms with E-state index in [-0.39, 0.29) is 11.5 Å². The quantitative estimate of drug-likeness (QED) is 0.821. The first-order chi connectivity index (χ1) is 7.08. The topological polar surface area (TPSA) is 49.0 Å². The van der Waals surface area contributed by atoms with E-state index in [1.165, 1.54) is 0 Å². The van der Waals surface area contributed by atoms with Crippen molar-refractivity contribution in [3.05, 3.63) is 22.2 Å². The molecule has 0 aliphatic heterocycles. The molecule has 0 spiro atoms. The van der Waals surface area contributed by atoms with Crippen molar-refractivity contribution < 1.29 is 0 Å². The number of rotatable bonds is 4. The predicted molar refractivity (Wildman–Crippen MR) is 62.5 cm³/mol. The van der Waals surface area contributed by atoms with Gasteiger partial charge in [-0.1, -0.05) is 13.8 Å². The molecule has 1 aromatic heterocycles. The van der Waals surface area contributed by atoms with Gasteiger partial charge in [0.1, 0.15) is 11.6 Å². The van der Waals surface area contributed by atoms with Crippen molar-refractivity contribution in [3.63, 3.8) is 0 Å². The van der Waals surface area contributed by atoms with Crippen LogP contribution in [0.25, 0.3) is 0 Å². The zero-order valence-electron chi connectivity index (χ0n) is 9.87. The highest BCUT2D eigenvalue weighted by molar-refractivity contribution is 5.37. The van der Waals surface area contributed by atoms with Crippen molar-refractivity contribution in [3.8, 4) is 0 Å². The standard InChI is InChI=1S/C11H19N3O/c1-5-14(6-2)9-7-10(15)13-11(12-9)8(3)4/h7-8H,5-6H2,1-4H3,(H,12,13,15). The SMILES string of the molecule is CCN(CC)c1cc(=O)[nH]c(C(C)C)n1. The molecule has 1 N–H and O–H groups in total. The lowest BCUT2D eigenvalue weighted by molar-refractivity contribution is 0.748. The second-order valence-electron chi connectivity index (χ2n) is 3.82. The third-order valence-corrected chi connectivity index (χ3v) is 2.38. The molecule has 1 rings (SSSR count). The molecule has 0 unspecified atom stereocenters. The summed E-state index contributed by atoms with van der Waals surface area (Å²) in [5.74, 6) is 1.77. The second-order valence-corrected chi connectivity index (χ2v) is 3.82. The van der Waals surface area contributed by atoms with Gasteiger partial charge in [-0.3, -0.25) is 4.79 Å². The molecule has 0 bridgehead atoms. The van der Waals surface area contributed by atoms with Gasteiger partial charge in [0.15, 0.2) is 0 Å². The van der Waals surface area contributed by atoms with Crippen LogP contribution < -0.4 is 10.5 Å². The van der Waals surface area contributed by atoms with Gasteiger partial charge in [-0.2, -0.15) is 0 Å². The van der Waals surface area contributed by atoms with Crippen molar-refractivity contribution in [1.29, 1.82) is 0 Å². The number of H-pyrrole nitrogens is 1. The Kier molecular flexibility index (Phi) is 3.88. The maximum atomic E-state index is 11.4. The largest absolute Gasteiger partial charge is 0.357 e. The van der Waals surface area contributed by atoms with E-state index in [0.717, 1.165) is 24.7 Å². The predicted octanol–water partition coefficient (Wildman–Crippen LogP) is 1.74. The maximum Gasteiger partial charge on any atom is 0.252 e. The maximum absolute atomic E-state index is 11.4. The summed E-state index contributed by atoms with van der Waals surface area (Å²) in [7, 11) is 0. The molecule has 0 aliphatic rings.